The van der Waals surface area contributed by atoms with Gasteiger partial charge in [0.25, 0.3) is 5.69 Å². The van der Waals surface area contributed by atoms with Crippen molar-refractivity contribution in [2.75, 3.05) is 0 Å². The van der Waals surface area contributed by atoms with Gasteiger partial charge in [0.2, 0.25) is 0 Å². The molecule has 3 aromatic carbocycles. The molecule has 3 aromatic rings. The largest absolute Gasteiger partial charge is 0.450 e. The molecule has 1 heterocycles. The molecule has 2 atom stereocenters. The Morgan fingerprint density at radius 2 is 1.70 bits per heavy atom. The molecule has 0 saturated carbocycles. The average Bonchev–Trinajstić information content (AvgIpc) is 3.09. The quantitative estimate of drug-likeness (QED) is 0.323. The van der Waals surface area contributed by atoms with E-state index in [9.17, 15) is 19.7 Å². The number of hydrogen-bond acceptors (Lipinski definition) is 6. The van der Waals surface area contributed by atoms with E-state index in [0.29, 0.717) is 21.7 Å². The number of fused-ring (bicyclic) bond motifs is 1. The second-order valence-electron chi connectivity index (χ2n) is 6.59. The highest BCUT2D eigenvalue weighted by Crippen LogP contribution is 2.42. The molecule has 7 nitrogen and oxygen atoms in total. The fourth-order valence-corrected chi connectivity index (χ4v) is 3.38. The Hall–Kier alpha value is -3.71. The summed E-state index contributed by atoms with van der Waals surface area (Å²) in [6.45, 7) is 0. The normalized spacial score (nSPS) is 15.8. The lowest BCUT2D eigenvalue weighted by Gasteiger charge is -2.24. The van der Waals surface area contributed by atoms with E-state index in [2.05, 4.69) is 0 Å². The number of esters is 2. The second-order valence-corrected chi connectivity index (χ2v) is 7.03. The number of carbonyl (C=O) groups excluding carboxylic acids is 2. The lowest BCUT2D eigenvalue weighted by Crippen LogP contribution is -2.19. The number of carbonyl (C=O) groups is 2. The van der Waals surface area contributed by atoms with Crippen LogP contribution in [0, 0.1) is 10.1 Å². The molecule has 150 valence electrons. The van der Waals surface area contributed by atoms with Gasteiger partial charge in [-0.1, -0.05) is 41.9 Å². The molecule has 1 aliphatic heterocycles. The molecule has 0 N–H and O–H groups in total. The van der Waals surface area contributed by atoms with Crippen molar-refractivity contribution in [1.82, 2.24) is 0 Å². The first kappa shape index (κ1) is 19.6. The molecule has 0 unspecified atom stereocenters. The minimum Gasteiger partial charge on any atom is -0.450 e. The van der Waals surface area contributed by atoms with Gasteiger partial charge in [0, 0.05) is 22.7 Å². The van der Waals surface area contributed by atoms with Crippen LogP contribution in [0.3, 0.4) is 0 Å². The van der Waals surface area contributed by atoms with Crippen LogP contribution in [0.5, 0.6) is 0 Å². The summed E-state index contributed by atoms with van der Waals surface area (Å²) < 4.78 is 11.3. The zero-order valence-electron chi connectivity index (χ0n) is 15.4. The highest BCUT2D eigenvalue weighted by atomic mass is 35.5. The number of nitrogens with zero attached hydrogens (tertiary/aromatic N) is 1. The molecule has 4 rings (SSSR count). The van der Waals surface area contributed by atoms with Gasteiger partial charge in [-0.05, 0) is 35.9 Å². The molecule has 8 heteroatoms. The van der Waals surface area contributed by atoms with Gasteiger partial charge < -0.3 is 9.47 Å². The molecule has 0 bridgehead atoms. The molecule has 30 heavy (non-hydrogen) atoms. The summed E-state index contributed by atoms with van der Waals surface area (Å²) in [4.78, 5) is 35.3. The summed E-state index contributed by atoms with van der Waals surface area (Å²) in [5.74, 6) is -1.20. The molecular weight excluding hydrogens is 410 g/mol. The molecule has 0 spiro atoms. The summed E-state index contributed by atoms with van der Waals surface area (Å²) in [5.41, 5.74) is 1.60. The van der Waals surface area contributed by atoms with Gasteiger partial charge in [-0.3, -0.25) is 10.1 Å². The molecule has 0 fully saturated rings. The Morgan fingerprint density at radius 3 is 2.37 bits per heavy atom. The van der Waals surface area contributed by atoms with Gasteiger partial charge in [-0.15, -0.1) is 0 Å². The first-order chi connectivity index (χ1) is 14.4. The standard InChI is InChI=1S/C22H14ClNO6/c23-15-9-5-13(6-10-15)19(20-17-3-1-2-4-18(17)22(26)30-20)29-21(25)14-7-11-16(12-8-14)24(27)28/h1-12,19-20H/t19-,20+/m1/s1. The predicted molar refractivity (Wildman–Crippen MR) is 107 cm³/mol. The number of ether oxygens (including phenoxy) is 2. The molecule has 1 aliphatic rings. The fraction of sp³-hybridized carbons (Fsp3) is 0.0909. The van der Waals surface area contributed by atoms with Crippen molar-refractivity contribution in [3.05, 3.63) is 110 Å². The van der Waals surface area contributed by atoms with E-state index in [1.807, 2.05) is 0 Å². The molecule has 0 aliphatic carbocycles. The Bertz CT molecular complexity index is 1130. The summed E-state index contributed by atoms with van der Waals surface area (Å²) >= 11 is 5.97. The van der Waals surface area contributed by atoms with Crippen LogP contribution >= 0.6 is 11.6 Å². The minimum atomic E-state index is -0.933. The number of rotatable bonds is 5. The van der Waals surface area contributed by atoms with Gasteiger partial charge in [0.1, 0.15) is 0 Å². The van der Waals surface area contributed by atoms with Crippen LogP contribution in [0.25, 0.3) is 0 Å². The predicted octanol–water partition coefficient (Wildman–Crippen LogP) is 5.06. The smallest absolute Gasteiger partial charge is 0.339 e. The Kier molecular flexibility index (Phi) is 5.20. The van der Waals surface area contributed by atoms with E-state index in [0.717, 1.165) is 0 Å². The van der Waals surface area contributed by atoms with Crippen molar-refractivity contribution >= 4 is 29.2 Å². The van der Waals surface area contributed by atoms with Crippen molar-refractivity contribution in [1.29, 1.82) is 0 Å². The second kappa shape index (κ2) is 7.96. The summed E-state index contributed by atoms with van der Waals surface area (Å²) in [6, 6.07) is 18.6. The number of cyclic esters (lactones) is 1. The fourth-order valence-electron chi connectivity index (χ4n) is 3.26. The number of non-ortho nitro benzene ring substituents is 1. The minimum absolute atomic E-state index is 0.136. The summed E-state index contributed by atoms with van der Waals surface area (Å²) in [6.07, 6.45) is -1.77. The lowest BCUT2D eigenvalue weighted by atomic mass is 9.96. The van der Waals surface area contributed by atoms with Gasteiger partial charge in [-0.2, -0.15) is 0 Å². The van der Waals surface area contributed by atoms with Crippen molar-refractivity contribution in [3.8, 4) is 0 Å². The Morgan fingerprint density at radius 1 is 1.03 bits per heavy atom. The summed E-state index contributed by atoms with van der Waals surface area (Å²) in [5, 5.41) is 11.3. The molecule has 0 saturated heterocycles. The maximum atomic E-state index is 12.8. The van der Waals surface area contributed by atoms with E-state index in [4.69, 9.17) is 21.1 Å². The third kappa shape index (κ3) is 3.75. The zero-order chi connectivity index (χ0) is 21.3. The van der Waals surface area contributed by atoms with E-state index in [-0.39, 0.29) is 11.3 Å². The Labute approximate surface area is 176 Å². The molecular formula is C22H14ClNO6. The monoisotopic (exact) mass is 423 g/mol. The van der Waals surface area contributed by atoms with E-state index < -0.39 is 29.1 Å². The maximum Gasteiger partial charge on any atom is 0.339 e. The third-order valence-electron chi connectivity index (χ3n) is 4.74. The number of nitro benzene ring substituents is 1. The van der Waals surface area contributed by atoms with Gasteiger partial charge in [0.15, 0.2) is 12.2 Å². The van der Waals surface area contributed by atoms with E-state index in [1.54, 1.807) is 48.5 Å². The van der Waals surface area contributed by atoms with Crippen LogP contribution in [0.4, 0.5) is 5.69 Å². The van der Waals surface area contributed by atoms with Crippen LogP contribution < -0.4 is 0 Å². The molecule has 0 amide bonds. The number of nitro groups is 1. The zero-order valence-corrected chi connectivity index (χ0v) is 16.1. The van der Waals surface area contributed by atoms with Crippen molar-refractivity contribution in [3.63, 3.8) is 0 Å². The van der Waals surface area contributed by atoms with Gasteiger partial charge >= 0.3 is 11.9 Å². The maximum absolute atomic E-state index is 12.8. The molecule has 0 radical (unpaired) electrons. The Balaban J connectivity index is 1.68. The topological polar surface area (TPSA) is 95.7 Å². The number of halogens is 1. The lowest BCUT2D eigenvalue weighted by molar-refractivity contribution is -0.384. The van der Waals surface area contributed by atoms with Gasteiger partial charge in [0.05, 0.1) is 16.1 Å². The van der Waals surface area contributed by atoms with Crippen LogP contribution in [-0.2, 0) is 9.47 Å². The van der Waals surface area contributed by atoms with Crippen LogP contribution in [-0.4, -0.2) is 16.9 Å². The SMILES string of the molecule is O=C(O[C@H](c1ccc(Cl)cc1)[C@H]1OC(=O)c2ccccc21)c1ccc([N+](=O)[O-])cc1. The van der Waals surface area contributed by atoms with Crippen molar-refractivity contribution in [2.24, 2.45) is 0 Å². The highest BCUT2D eigenvalue weighted by molar-refractivity contribution is 6.30. The van der Waals surface area contributed by atoms with Gasteiger partial charge in [-0.25, -0.2) is 9.59 Å². The number of benzene rings is 3. The third-order valence-corrected chi connectivity index (χ3v) is 4.99. The van der Waals surface area contributed by atoms with E-state index in [1.165, 1.54) is 24.3 Å². The van der Waals surface area contributed by atoms with Crippen LogP contribution in [0.15, 0.2) is 72.8 Å². The van der Waals surface area contributed by atoms with Crippen LogP contribution in [0.1, 0.15) is 44.1 Å². The highest BCUT2D eigenvalue weighted by Gasteiger charge is 2.39. The summed E-state index contributed by atoms with van der Waals surface area (Å²) in [7, 11) is 0. The number of hydrogen-bond donors (Lipinski definition) is 0. The first-order valence-electron chi connectivity index (χ1n) is 8.95. The molecule has 0 aromatic heterocycles. The van der Waals surface area contributed by atoms with Crippen molar-refractivity contribution in [2.45, 2.75) is 12.2 Å². The average molecular weight is 424 g/mol. The van der Waals surface area contributed by atoms with Crippen LogP contribution in [0.2, 0.25) is 5.02 Å². The van der Waals surface area contributed by atoms with Crippen molar-refractivity contribution < 1.29 is 24.0 Å². The van der Waals surface area contributed by atoms with E-state index >= 15 is 0 Å². The first-order valence-corrected chi connectivity index (χ1v) is 9.32.